The molecule has 3 rings (SSSR count). The fraction of sp³-hybridized carbons (Fsp3) is 0.381. The smallest absolute Gasteiger partial charge is 0.185 e. The monoisotopic (exact) mass is 356 g/mol. The molecule has 1 aliphatic heterocycles. The highest BCUT2D eigenvalue weighted by molar-refractivity contribution is 6.06. The minimum atomic E-state index is -0.760. The van der Waals surface area contributed by atoms with Gasteiger partial charge in [0.25, 0.3) is 0 Å². The average Bonchev–Trinajstić information content (AvgIpc) is 2.94. The Kier molecular flexibility index (Phi) is 4.92. The molecule has 5 heteroatoms. The van der Waals surface area contributed by atoms with Crippen LogP contribution in [0.1, 0.15) is 25.0 Å². The number of methoxy groups -OCH3 is 3. The number of carbonyl (C=O) groups excluding carboxylic acids is 1. The second-order valence-corrected chi connectivity index (χ2v) is 6.47. The maximum Gasteiger partial charge on any atom is 0.185 e. The number of fused-ring (bicyclic) bond motifs is 1. The number of hydrogen-bond acceptors (Lipinski definition) is 5. The normalized spacial score (nSPS) is 27.2. The summed E-state index contributed by atoms with van der Waals surface area (Å²) in [5.41, 5.74) is 0.853. The van der Waals surface area contributed by atoms with Gasteiger partial charge in [-0.1, -0.05) is 19.1 Å². The van der Waals surface area contributed by atoms with Crippen LogP contribution >= 0.6 is 0 Å². The first kappa shape index (κ1) is 18.3. The van der Waals surface area contributed by atoms with Gasteiger partial charge in [0.1, 0.15) is 17.5 Å². The van der Waals surface area contributed by atoms with Gasteiger partial charge in [0.2, 0.25) is 0 Å². The first-order valence-electron chi connectivity index (χ1n) is 8.53. The lowest BCUT2D eigenvalue weighted by atomic mass is 9.78. The Balaban J connectivity index is 2.03. The zero-order valence-electron chi connectivity index (χ0n) is 15.6. The average molecular weight is 356 g/mol. The van der Waals surface area contributed by atoms with Gasteiger partial charge in [-0.3, -0.25) is 4.79 Å². The predicted octanol–water partition coefficient (Wildman–Crippen LogP) is 3.77. The van der Waals surface area contributed by atoms with Crippen LogP contribution in [0.25, 0.3) is 0 Å². The number of ether oxygens (including phenoxy) is 4. The standard InChI is InChI=1S/C21H24O5/c1-6-7-15-12-21(25-5)13(2)20(26-19(21)11-16(15)22)14-8-9-17(23-3)18(10-14)24-4/h6,8-13,20H,1,7H2,2-5H3/t13-,20-,21-/m0/s1. The van der Waals surface area contributed by atoms with E-state index in [4.69, 9.17) is 18.9 Å². The molecular weight excluding hydrogens is 332 g/mol. The first-order chi connectivity index (χ1) is 12.5. The van der Waals surface area contributed by atoms with Crippen molar-refractivity contribution < 1.29 is 23.7 Å². The van der Waals surface area contributed by atoms with Crippen LogP contribution in [0.2, 0.25) is 0 Å². The molecule has 0 unspecified atom stereocenters. The molecule has 3 atom stereocenters. The predicted molar refractivity (Wildman–Crippen MR) is 98.3 cm³/mol. The lowest BCUT2D eigenvalue weighted by Crippen LogP contribution is -2.38. The van der Waals surface area contributed by atoms with Gasteiger partial charge in [0.05, 0.1) is 14.2 Å². The second-order valence-electron chi connectivity index (χ2n) is 6.47. The van der Waals surface area contributed by atoms with E-state index in [1.807, 2.05) is 24.3 Å². The number of allylic oxidation sites excluding steroid dienone is 3. The summed E-state index contributed by atoms with van der Waals surface area (Å²) in [5, 5.41) is 0. The number of ketones is 1. The summed E-state index contributed by atoms with van der Waals surface area (Å²) < 4.78 is 22.8. The molecular formula is C21H24O5. The third-order valence-corrected chi connectivity index (χ3v) is 5.18. The molecule has 26 heavy (non-hydrogen) atoms. The van der Waals surface area contributed by atoms with Crippen LogP contribution in [0.15, 0.2) is 54.3 Å². The van der Waals surface area contributed by atoms with Crippen molar-refractivity contribution in [2.75, 3.05) is 21.3 Å². The highest BCUT2D eigenvalue weighted by Gasteiger charge is 2.53. The molecule has 1 aliphatic carbocycles. The Hall–Kier alpha value is -2.53. The Morgan fingerprint density at radius 1 is 1.23 bits per heavy atom. The van der Waals surface area contributed by atoms with Crippen LogP contribution < -0.4 is 9.47 Å². The van der Waals surface area contributed by atoms with Crippen molar-refractivity contribution >= 4 is 5.78 Å². The van der Waals surface area contributed by atoms with Crippen LogP contribution in [-0.4, -0.2) is 32.7 Å². The van der Waals surface area contributed by atoms with Crippen LogP contribution in [0.4, 0.5) is 0 Å². The van der Waals surface area contributed by atoms with Gasteiger partial charge >= 0.3 is 0 Å². The SMILES string of the molecule is C=CCC1=C[C@@]2(OC)C(=CC1=O)O[C@H](c1ccc(OC)c(OC)c1)[C@@H]2C. The van der Waals surface area contributed by atoms with Crippen molar-refractivity contribution in [3.63, 3.8) is 0 Å². The number of benzene rings is 1. The van der Waals surface area contributed by atoms with E-state index in [1.165, 1.54) is 0 Å². The van der Waals surface area contributed by atoms with E-state index in [-0.39, 0.29) is 17.8 Å². The summed E-state index contributed by atoms with van der Waals surface area (Å²) in [5.74, 6) is 1.74. The molecule has 1 aromatic rings. The van der Waals surface area contributed by atoms with E-state index in [0.29, 0.717) is 29.3 Å². The molecule has 1 aromatic carbocycles. The minimum absolute atomic E-state index is 0.0373. The van der Waals surface area contributed by atoms with Crippen molar-refractivity contribution in [3.05, 3.63) is 59.9 Å². The van der Waals surface area contributed by atoms with E-state index in [2.05, 4.69) is 13.5 Å². The topological polar surface area (TPSA) is 54.0 Å². The third-order valence-electron chi connectivity index (χ3n) is 5.18. The summed E-state index contributed by atoms with van der Waals surface area (Å²) >= 11 is 0. The molecule has 1 fully saturated rings. The molecule has 2 aliphatic rings. The second kappa shape index (κ2) is 7.00. The molecule has 0 radical (unpaired) electrons. The number of hydrogen-bond donors (Lipinski definition) is 0. The molecule has 0 aromatic heterocycles. The van der Waals surface area contributed by atoms with Crippen LogP contribution in [0, 0.1) is 5.92 Å². The van der Waals surface area contributed by atoms with Crippen LogP contribution in [-0.2, 0) is 14.3 Å². The summed E-state index contributed by atoms with van der Waals surface area (Å²) in [4.78, 5) is 12.4. The lowest BCUT2D eigenvalue weighted by molar-refractivity contribution is -0.112. The molecule has 1 heterocycles. The third kappa shape index (κ3) is 2.72. The Labute approximate surface area is 153 Å². The molecule has 0 N–H and O–H groups in total. The molecule has 1 saturated heterocycles. The summed E-state index contributed by atoms with van der Waals surface area (Å²) in [6.45, 7) is 5.79. The fourth-order valence-corrected chi connectivity index (χ4v) is 3.72. The van der Waals surface area contributed by atoms with Crippen molar-refractivity contribution in [1.82, 2.24) is 0 Å². The van der Waals surface area contributed by atoms with Gasteiger partial charge in [-0.05, 0) is 30.2 Å². The molecule has 138 valence electrons. The van der Waals surface area contributed by atoms with E-state index >= 15 is 0 Å². The maximum absolute atomic E-state index is 12.4. The van der Waals surface area contributed by atoms with Gasteiger partial charge in [-0.2, -0.15) is 0 Å². The summed E-state index contributed by atoms with van der Waals surface area (Å²) in [6.07, 6.45) is 5.38. The van der Waals surface area contributed by atoms with Crippen molar-refractivity contribution in [3.8, 4) is 11.5 Å². The van der Waals surface area contributed by atoms with Crippen LogP contribution in [0.3, 0.4) is 0 Å². The summed E-state index contributed by atoms with van der Waals surface area (Å²) in [7, 11) is 4.84. The van der Waals surface area contributed by atoms with Gasteiger partial charge in [-0.25, -0.2) is 0 Å². The highest BCUT2D eigenvalue weighted by Crippen LogP contribution is 2.52. The maximum atomic E-state index is 12.4. The molecule has 0 bridgehead atoms. The van der Waals surface area contributed by atoms with E-state index in [9.17, 15) is 4.79 Å². The molecule has 5 nitrogen and oxygen atoms in total. The minimum Gasteiger partial charge on any atom is -0.493 e. The number of rotatable bonds is 6. The zero-order chi connectivity index (χ0) is 18.9. The summed E-state index contributed by atoms with van der Waals surface area (Å²) in [6, 6.07) is 5.70. The Morgan fingerprint density at radius 2 is 1.96 bits per heavy atom. The number of carbonyl (C=O) groups is 1. The largest absolute Gasteiger partial charge is 0.493 e. The zero-order valence-corrected chi connectivity index (χ0v) is 15.6. The highest BCUT2D eigenvalue weighted by atomic mass is 16.6. The van der Waals surface area contributed by atoms with E-state index < -0.39 is 5.60 Å². The van der Waals surface area contributed by atoms with Crippen LogP contribution in [0.5, 0.6) is 11.5 Å². The molecule has 0 saturated carbocycles. The van der Waals surface area contributed by atoms with Gasteiger partial charge in [0, 0.05) is 24.7 Å². The van der Waals surface area contributed by atoms with Gasteiger partial charge in [-0.15, -0.1) is 6.58 Å². The van der Waals surface area contributed by atoms with Gasteiger partial charge < -0.3 is 18.9 Å². The Bertz CT molecular complexity index is 792. The molecule has 0 amide bonds. The first-order valence-corrected chi connectivity index (χ1v) is 8.53. The van der Waals surface area contributed by atoms with Crippen molar-refractivity contribution in [1.29, 1.82) is 0 Å². The van der Waals surface area contributed by atoms with E-state index in [1.54, 1.807) is 33.5 Å². The van der Waals surface area contributed by atoms with Crippen molar-refractivity contribution in [2.45, 2.75) is 25.0 Å². The van der Waals surface area contributed by atoms with Gasteiger partial charge in [0.15, 0.2) is 17.3 Å². The lowest BCUT2D eigenvalue weighted by Gasteiger charge is -2.31. The quantitative estimate of drug-likeness (QED) is 0.727. The molecule has 0 spiro atoms. The Morgan fingerprint density at radius 3 is 2.58 bits per heavy atom. The fourth-order valence-electron chi connectivity index (χ4n) is 3.72. The van der Waals surface area contributed by atoms with E-state index in [0.717, 1.165) is 5.56 Å². The van der Waals surface area contributed by atoms with Crippen molar-refractivity contribution in [2.24, 2.45) is 5.92 Å².